The number of aryl methyl sites for hydroxylation is 1. The summed E-state index contributed by atoms with van der Waals surface area (Å²) in [5, 5.41) is 0. The van der Waals surface area contributed by atoms with Gasteiger partial charge in [0, 0.05) is 6.26 Å². The Hall–Kier alpha value is -1.23. The summed E-state index contributed by atoms with van der Waals surface area (Å²) in [4.78, 5) is 0. The Labute approximate surface area is 90.2 Å². The van der Waals surface area contributed by atoms with Crippen molar-refractivity contribution in [2.45, 2.75) is 12.8 Å². The van der Waals surface area contributed by atoms with Crippen LogP contribution < -0.4 is 11.5 Å². The van der Waals surface area contributed by atoms with Crippen LogP contribution in [-0.4, -0.2) is 20.4 Å². The highest BCUT2D eigenvalue weighted by Gasteiger charge is 2.03. The smallest absolute Gasteiger partial charge is 0.147 e. The fourth-order valence-electron chi connectivity index (χ4n) is 1.32. The summed E-state index contributed by atoms with van der Waals surface area (Å²) < 4.78 is 21.8. The molecule has 0 amide bonds. The van der Waals surface area contributed by atoms with Crippen molar-refractivity contribution in [3.05, 3.63) is 23.8 Å². The lowest BCUT2D eigenvalue weighted by atomic mass is 10.1. The third-order valence-corrected chi connectivity index (χ3v) is 3.16. The zero-order valence-corrected chi connectivity index (χ0v) is 9.55. The second kappa shape index (κ2) is 4.53. The second-order valence-electron chi connectivity index (χ2n) is 3.70. The summed E-state index contributed by atoms with van der Waals surface area (Å²) >= 11 is 0. The topological polar surface area (TPSA) is 86.2 Å². The maximum atomic E-state index is 10.9. The molecule has 0 aliphatic carbocycles. The zero-order valence-electron chi connectivity index (χ0n) is 8.73. The van der Waals surface area contributed by atoms with E-state index in [0.29, 0.717) is 24.2 Å². The van der Waals surface area contributed by atoms with Gasteiger partial charge in [-0.05, 0) is 30.5 Å². The highest BCUT2D eigenvalue weighted by atomic mass is 32.2. The predicted octanol–water partition coefficient (Wildman–Crippen LogP) is 0.828. The fraction of sp³-hybridized carbons (Fsp3) is 0.400. The van der Waals surface area contributed by atoms with Gasteiger partial charge in [-0.2, -0.15) is 0 Å². The second-order valence-corrected chi connectivity index (χ2v) is 5.96. The van der Waals surface area contributed by atoms with E-state index in [4.69, 9.17) is 11.5 Å². The van der Waals surface area contributed by atoms with E-state index < -0.39 is 9.84 Å². The minimum absolute atomic E-state index is 0.206. The molecule has 4 nitrogen and oxygen atoms in total. The zero-order chi connectivity index (χ0) is 11.5. The first-order valence-electron chi connectivity index (χ1n) is 4.70. The molecule has 0 unspecified atom stereocenters. The molecule has 0 radical (unpaired) electrons. The van der Waals surface area contributed by atoms with Gasteiger partial charge in [0.25, 0.3) is 0 Å². The number of sulfone groups is 1. The third kappa shape index (κ3) is 4.20. The van der Waals surface area contributed by atoms with Crippen molar-refractivity contribution in [2.24, 2.45) is 0 Å². The van der Waals surface area contributed by atoms with Crippen molar-refractivity contribution in [3.63, 3.8) is 0 Å². The average molecular weight is 228 g/mol. The predicted molar refractivity (Wildman–Crippen MR) is 63.3 cm³/mol. The van der Waals surface area contributed by atoms with E-state index in [1.807, 2.05) is 6.07 Å². The van der Waals surface area contributed by atoms with Gasteiger partial charge in [-0.25, -0.2) is 8.42 Å². The first kappa shape index (κ1) is 11.8. The molecule has 0 spiro atoms. The van der Waals surface area contributed by atoms with Crippen LogP contribution in [0.25, 0.3) is 0 Å². The SMILES string of the molecule is CS(=O)(=O)CCCc1ccc(N)c(N)c1. The molecular formula is C10H16N2O2S. The van der Waals surface area contributed by atoms with Crippen molar-refractivity contribution < 1.29 is 8.42 Å². The lowest BCUT2D eigenvalue weighted by Gasteiger charge is -2.04. The first-order chi connectivity index (χ1) is 6.88. The molecule has 84 valence electrons. The maximum Gasteiger partial charge on any atom is 0.147 e. The molecule has 0 saturated heterocycles. The van der Waals surface area contributed by atoms with Crippen molar-refractivity contribution in [1.29, 1.82) is 0 Å². The van der Waals surface area contributed by atoms with E-state index in [-0.39, 0.29) is 5.75 Å². The molecule has 0 atom stereocenters. The molecule has 0 aliphatic heterocycles. The van der Waals surface area contributed by atoms with Crippen LogP contribution >= 0.6 is 0 Å². The Kier molecular flexibility index (Phi) is 3.57. The van der Waals surface area contributed by atoms with Crippen molar-refractivity contribution in [2.75, 3.05) is 23.5 Å². The van der Waals surface area contributed by atoms with E-state index in [2.05, 4.69) is 0 Å². The van der Waals surface area contributed by atoms with Gasteiger partial charge in [0.1, 0.15) is 9.84 Å². The van der Waals surface area contributed by atoms with Gasteiger partial charge < -0.3 is 11.5 Å². The van der Waals surface area contributed by atoms with Crippen LogP contribution in [0.2, 0.25) is 0 Å². The molecular weight excluding hydrogens is 212 g/mol. The van der Waals surface area contributed by atoms with Crippen LogP contribution in [0.4, 0.5) is 11.4 Å². The Balaban J connectivity index is 2.55. The van der Waals surface area contributed by atoms with Crippen molar-refractivity contribution in [3.8, 4) is 0 Å². The number of rotatable bonds is 4. The number of hydrogen-bond donors (Lipinski definition) is 2. The lowest BCUT2D eigenvalue weighted by molar-refractivity contribution is 0.599. The van der Waals surface area contributed by atoms with Crippen LogP contribution in [0.1, 0.15) is 12.0 Å². The monoisotopic (exact) mass is 228 g/mol. The normalized spacial score (nSPS) is 11.5. The van der Waals surface area contributed by atoms with Crippen LogP contribution in [0, 0.1) is 0 Å². The van der Waals surface area contributed by atoms with Gasteiger partial charge >= 0.3 is 0 Å². The van der Waals surface area contributed by atoms with Crippen molar-refractivity contribution in [1.82, 2.24) is 0 Å². The van der Waals surface area contributed by atoms with Crippen LogP contribution in [0.3, 0.4) is 0 Å². The first-order valence-corrected chi connectivity index (χ1v) is 6.76. The van der Waals surface area contributed by atoms with Gasteiger partial charge in [0.2, 0.25) is 0 Å². The number of hydrogen-bond acceptors (Lipinski definition) is 4. The molecule has 0 heterocycles. The molecule has 15 heavy (non-hydrogen) atoms. The van der Waals surface area contributed by atoms with E-state index in [9.17, 15) is 8.42 Å². The van der Waals surface area contributed by atoms with E-state index in [1.165, 1.54) is 6.26 Å². The highest BCUT2D eigenvalue weighted by molar-refractivity contribution is 7.90. The summed E-state index contributed by atoms with van der Waals surface area (Å²) in [6, 6.07) is 5.40. The Bertz CT molecular complexity index is 441. The van der Waals surface area contributed by atoms with Gasteiger partial charge in [-0.15, -0.1) is 0 Å². The lowest BCUT2D eigenvalue weighted by Crippen LogP contribution is -2.04. The standard InChI is InChI=1S/C10H16N2O2S/c1-15(13,14)6-2-3-8-4-5-9(11)10(12)7-8/h4-5,7H,2-3,6,11-12H2,1H3. The van der Waals surface area contributed by atoms with Crippen LogP contribution in [0.15, 0.2) is 18.2 Å². The fourth-order valence-corrected chi connectivity index (χ4v) is 1.99. The molecule has 5 heteroatoms. The van der Waals surface area contributed by atoms with Gasteiger partial charge in [0.15, 0.2) is 0 Å². The number of nitrogens with two attached hydrogens (primary N) is 2. The summed E-state index contributed by atoms with van der Waals surface area (Å²) in [5.74, 6) is 0.206. The molecule has 1 aromatic rings. The molecule has 4 N–H and O–H groups in total. The third-order valence-electron chi connectivity index (χ3n) is 2.13. The van der Waals surface area contributed by atoms with E-state index in [0.717, 1.165) is 5.56 Å². The van der Waals surface area contributed by atoms with Gasteiger partial charge in [0.05, 0.1) is 17.1 Å². The quantitative estimate of drug-likeness (QED) is 0.747. The minimum atomic E-state index is -2.87. The Morgan fingerprint density at radius 1 is 1.20 bits per heavy atom. The van der Waals surface area contributed by atoms with E-state index in [1.54, 1.807) is 12.1 Å². The van der Waals surface area contributed by atoms with Crippen molar-refractivity contribution >= 4 is 21.2 Å². The molecule has 0 aromatic heterocycles. The van der Waals surface area contributed by atoms with Gasteiger partial charge in [-0.3, -0.25) is 0 Å². The number of benzene rings is 1. The Morgan fingerprint density at radius 2 is 1.87 bits per heavy atom. The highest BCUT2D eigenvalue weighted by Crippen LogP contribution is 2.17. The number of anilines is 2. The van der Waals surface area contributed by atoms with E-state index >= 15 is 0 Å². The molecule has 0 bridgehead atoms. The van der Waals surface area contributed by atoms with Crippen LogP contribution in [-0.2, 0) is 16.3 Å². The van der Waals surface area contributed by atoms with Crippen LogP contribution in [0.5, 0.6) is 0 Å². The number of nitrogen functional groups attached to an aromatic ring is 2. The largest absolute Gasteiger partial charge is 0.397 e. The van der Waals surface area contributed by atoms with Gasteiger partial charge in [-0.1, -0.05) is 6.07 Å². The summed E-state index contributed by atoms with van der Waals surface area (Å²) in [7, 11) is -2.87. The molecule has 0 aliphatic rings. The molecule has 0 saturated carbocycles. The molecule has 0 fully saturated rings. The maximum absolute atomic E-state index is 10.9. The Morgan fingerprint density at radius 3 is 2.40 bits per heavy atom. The molecule has 1 rings (SSSR count). The summed E-state index contributed by atoms with van der Waals surface area (Å²) in [6.45, 7) is 0. The summed E-state index contributed by atoms with van der Waals surface area (Å²) in [5.41, 5.74) is 13.3. The molecule has 1 aromatic carbocycles. The minimum Gasteiger partial charge on any atom is -0.397 e. The summed E-state index contributed by atoms with van der Waals surface area (Å²) in [6.07, 6.45) is 2.56. The average Bonchev–Trinajstić information content (AvgIpc) is 2.09.